The molecule has 4 heterocycles. The number of anilines is 2. The second kappa shape index (κ2) is 7.88. The van der Waals surface area contributed by atoms with Gasteiger partial charge in [-0.05, 0) is 50.6 Å². The van der Waals surface area contributed by atoms with E-state index in [1.54, 1.807) is 6.20 Å². The number of rotatable bonds is 5. The van der Waals surface area contributed by atoms with Crippen molar-refractivity contribution in [3.63, 3.8) is 0 Å². The highest BCUT2D eigenvalue weighted by Gasteiger charge is 2.23. The van der Waals surface area contributed by atoms with E-state index in [4.69, 9.17) is 4.98 Å². The van der Waals surface area contributed by atoms with Crippen molar-refractivity contribution in [3.8, 4) is 0 Å². The van der Waals surface area contributed by atoms with Crippen molar-refractivity contribution in [1.82, 2.24) is 24.6 Å². The maximum atomic E-state index is 4.86. The van der Waals surface area contributed by atoms with Gasteiger partial charge in [-0.2, -0.15) is 5.10 Å². The Bertz CT molecular complexity index is 889. The lowest BCUT2D eigenvalue weighted by molar-refractivity contribution is 0.198. The van der Waals surface area contributed by atoms with E-state index in [1.807, 2.05) is 36.0 Å². The molecule has 0 amide bonds. The standard InChI is InChI=1S/C21H26N6/c1-16-18(13-26(2)25-16)15-27-12-6-7-17(14-27)19-8-5-10-21(23-19)24-20-9-3-4-11-22-20/h3-5,8-11,13,17H,6-7,12,14-15H2,1-2H3,(H,22,23,24)/t17-/m1/s1. The summed E-state index contributed by atoms with van der Waals surface area (Å²) in [4.78, 5) is 11.7. The summed E-state index contributed by atoms with van der Waals surface area (Å²) in [7, 11) is 1.99. The first-order valence-electron chi connectivity index (χ1n) is 9.54. The molecule has 0 aromatic carbocycles. The van der Waals surface area contributed by atoms with Crippen LogP contribution >= 0.6 is 0 Å². The molecule has 1 aliphatic heterocycles. The van der Waals surface area contributed by atoms with Crippen molar-refractivity contribution in [1.29, 1.82) is 0 Å². The summed E-state index contributed by atoms with van der Waals surface area (Å²) in [5, 5.41) is 7.77. The van der Waals surface area contributed by atoms with Gasteiger partial charge in [0.1, 0.15) is 11.6 Å². The van der Waals surface area contributed by atoms with E-state index in [1.165, 1.54) is 18.4 Å². The predicted molar refractivity (Wildman–Crippen MR) is 107 cm³/mol. The molecule has 4 rings (SSSR count). The molecule has 6 nitrogen and oxygen atoms in total. The molecule has 0 radical (unpaired) electrons. The van der Waals surface area contributed by atoms with Gasteiger partial charge < -0.3 is 5.32 Å². The monoisotopic (exact) mass is 362 g/mol. The largest absolute Gasteiger partial charge is 0.325 e. The zero-order chi connectivity index (χ0) is 18.6. The number of aryl methyl sites for hydroxylation is 2. The summed E-state index contributed by atoms with van der Waals surface area (Å²) in [5.41, 5.74) is 3.60. The zero-order valence-corrected chi connectivity index (χ0v) is 16.0. The predicted octanol–water partition coefficient (Wildman–Crippen LogP) is 3.64. The molecule has 1 fully saturated rings. The highest BCUT2D eigenvalue weighted by molar-refractivity contribution is 5.51. The maximum Gasteiger partial charge on any atom is 0.131 e. The van der Waals surface area contributed by atoms with Crippen LogP contribution in [0.15, 0.2) is 48.8 Å². The Labute approximate surface area is 160 Å². The number of hydrogen-bond acceptors (Lipinski definition) is 5. The lowest BCUT2D eigenvalue weighted by Gasteiger charge is -2.32. The number of pyridine rings is 2. The third kappa shape index (κ3) is 4.34. The molecule has 6 heteroatoms. The minimum Gasteiger partial charge on any atom is -0.325 e. The van der Waals surface area contributed by atoms with E-state index in [-0.39, 0.29) is 0 Å². The molecule has 0 spiro atoms. The number of nitrogens with zero attached hydrogens (tertiary/aromatic N) is 5. The number of piperidine rings is 1. The topological polar surface area (TPSA) is 58.9 Å². The van der Waals surface area contributed by atoms with Crippen LogP contribution in [0.25, 0.3) is 0 Å². The van der Waals surface area contributed by atoms with Gasteiger partial charge in [0.2, 0.25) is 0 Å². The van der Waals surface area contributed by atoms with Crippen LogP contribution in [0.5, 0.6) is 0 Å². The molecular formula is C21H26N6. The second-order valence-corrected chi connectivity index (χ2v) is 7.28. The molecule has 1 N–H and O–H groups in total. The van der Waals surface area contributed by atoms with Crippen molar-refractivity contribution < 1.29 is 0 Å². The fraction of sp³-hybridized carbons (Fsp3) is 0.381. The van der Waals surface area contributed by atoms with E-state index in [0.29, 0.717) is 5.92 Å². The fourth-order valence-corrected chi connectivity index (χ4v) is 3.80. The van der Waals surface area contributed by atoms with Gasteiger partial charge in [0.05, 0.1) is 5.69 Å². The van der Waals surface area contributed by atoms with Gasteiger partial charge in [0.15, 0.2) is 0 Å². The Hall–Kier alpha value is -2.73. The number of likely N-dealkylation sites (tertiary alicyclic amines) is 1. The second-order valence-electron chi connectivity index (χ2n) is 7.28. The van der Waals surface area contributed by atoms with Crippen LogP contribution in [0, 0.1) is 6.92 Å². The van der Waals surface area contributed by atoms with Gasteiger partial charge in [-0.3, -0.25) is 9.58 Å². The van der Waals surface area contributed by atoms with Gasteiger partial charge in [-0.15, -0.1) is 0 Å². The number of nitrogens with one attached hydrogen (secondary N) is 1. The molecule has 0 saturated carbocycles. The first kappa shape index (κ1) is 17.7. The van der Waals surface area contributed by atoms with Crippen LogP contribution in [0.2, 0.25) is 0 Å². The van der Waals surface area contributed by atoms with Crippen LogP contribution in [0.3, 0.4) is 0 Å². The summed E-state index contributed by atoms with van der Waals surface area (Å²) in [6.07, 6.45) is 6.30. The van der Waals surface area contributed by atoms with Crippen LogP contribution in [0.4, 0.5) is 11.6 Å². The molecule has 1 atom stereocenters. The maximum absolute atomic E-state index is 4.86. The molecule has 0 aliphatic carbocycles. The lowest BCUT2D eigenvalue weighted by Crippen LogP contribution is -2.34. The average Bonchev–Trinajstić information content (AvgIpc) is 3.00. The lowest BCUT2D eigenvalue weighted by atomic mass is 9.94. The summed E-state index contributed by atoms with van der Waals surface area (Å²) < 4.78 is 1.90. The van der Waals surface area contributed by atoms with Gasteiger partial charge in [-0.1, -0.05) is 12.1 Å². The van der Waals surface area contributed by atoms with E-state index in [2.05, 4.69) is 45.6 Å². The first-order chi connectivity index (χ1) is 13.2. The van der Waals surface area contributed by atoms with Gasteiger partial charge in [0, 0.05) is 49.7 Å². The van der Waals surface area contributed by atoms with Gasteiger partial charge >= 0.3 is 0 Å². The van der Waals surface area contributed by atoms with Gasteiger partial charge in [0.25, 0.3) is 0 Å². The third-order valence-corrected chi connectivity index (χ3v) is 5.12. The van der Waals surface area contributed by atoms with Crippen molar-refractivity contribution in [2.24, 2.45) is 7.05 Å². The van der Waals surface area contributed by atoms with E-state index in [0.717, 1.165) is 42.7 Å². The Balaban J connectivity index is 1.45. The van der Waals surface area contributed by atoms with E-state index in [9.17, 15) is 0 Å². The smallest absolute Gasteiger partial charge is 0.131 e. The SMILES string of the molecule is Cc1nn(C)cc1CN1CCC[C@@H](c2cccc(Nc3ccccn3)n2)C1. The molecule has 3 aromatic rings. The molecule has 0 unspecified atom stereocenters. The van der Waals surface area contributed by atoms with Crippen LogP contribution in [0.1, 0.15) is 35.7 Å². The summed E-state index contributed by atoms with van der Waals surface area (Å²) in [6.45, 7) is 5.22. The normalized spacial score (nSPS) is 17.8. The quantitative estimate of drug-likeness (QED) is 0.751. The first-order valence-corrected chi connectivity index (χ1v) is 9.54. The minimum atomic E-state index is 0.459. The highest BCUT2D eigenvalue weighted by atomic mass is 15.3. The van der Waals surface area contributed by atoms with Crippen LogP contribution in [-0.2, 0) is 13.6 Å². The van der Waals surface area contributed by atoms with Crippen molar-refractivity contribution in [2.45, 2.75) is 32.2 Å². The summed E-state index contributed by atoms with van der Waals surface area (Å²) in [6, 6.07) is 12.1. The fourth-order valence-electron chi connectivity index (χ4n) is 3.80. The van der Waals surface area contributed by atoms with Crippen molar-refractivity contribution in [3.05, 3.63) is 65.7 Å². The van der Waals surface area contributed by atoms with E-state index < -0.39 is 0 Å². The molecule has 1 aliphatic rings. The molecule has 0 bridgehead atoms. The Morgan fingerprint density at radius 3 is 2.81 bits per heavy atom. The molecule has 27 heavy (non-hydrogen) atoms. The van der Waals surface area contributed by atoms with Crippen LogP contribution in [-0.4, -0.2) is 37.7 Å². The molecule has 1 saturated heterocycles. The van der Waals surface area contributed by atoms with Crippen molar-refractivity contribution >= 4 is 11.6 Å². The minimum absolute atomic E-state index is 0.459. The molecular weight excluding hydrogens is 336 g/mol. The van der Waals surface area contributed by atoms with E-state index >= 15 is 0 Å². The number of hydrogen-bond donors (Lipinski definition) is 1. The zero-order valence-electron chi connectivity index (χ0n) is 16.0. The summed E-state index contributed by atoms with van der Waals surface area (Å²) in [5.74, 6) is 2.13. The molecule has 140 valence electrons. The Morgan fingerprint density at radius 1 is 1.15 bits per heavy atom. The van der Waals surface area contributed by atoms with Crippen molar-refractivity contribution in [2.75, 3.05) is 18.4 Å². The Morgan fingerprint density at radius 2 is 2.04 bits per heavy atom. The number of aromatic nitrogens is 4. The third-order valence-electron chi connectivity index (χ3n) is 5.12. The van der Waals surface area contributed by atoms with Gasteiger partial charge in [-0.25, -0.2) is 9.97 Å². The molecule has 3 aromatic heterocycles. The van der Waals surface area contributed by atoms with Crippen LogP contribution < -0.4 is 5.32 Å². The highest BCUT2D eigenvalue weighted by Crippen LogP contribution is 2.28. The summed E-state index contributed by atoms with van der Waals surface area (Å²) >= 11 is 0. The average molecular weight is 362 g/mol. The Kier molecular flexibility index (Phi) is 5.16.